The van der Waals surface area contributed by atoms with Gasteiger partial charge in [0.25, 0.3) is 11.8 Å². The van der Waals surface area contributed by atoms with Gasteiger partial charge in [0, 0.05) is 6.54 Å². The second-order valence-electron chi connectivity index (χ2n) is 4.86. The average molecular weight is 284 g/mol. The number of imide groups is 1. The van der Waals surface area contributed by atoms with Gasteiger partial charge in [-0.2, -0.15) is 0 Å². The fourth-order valence-electron chi connectivity index (χ4n) is 2.49. The lowest BCUT2D eigenvalue weighted by Crippen LogP contribution is -2.29. The van der Waals surface area contributed by atoms with E-state index in [-0.39, 0.29) is 24.9 Å². The first-order valence-electron chi connectivity index (χ1n) is 6.54. The standard InChI is InChI=1S/C16H13FN2O2/c17-12-6-5-10(8-18)11(7-12)9-19-15(20)13-3-1-2-4-14(13)16(19)21/h1-7H,8-9,18H2. The maximum absolute atomic E-state index is 13.4. The number of fused-ring (bicyclic) bond motifs is 1. The van der Waals surface area contributed by atoms with Gasteiger partial charge in [-0.15, -0.1) is 0 Å². The average Bonchev–Trinajstić information content (AvgIpc) is 2.73. The molecule has 1 aliphatic heterocycles. The smallest absolute Gasteiger partial charge is 0.261 e. The molecule has 21 heavy (non-hydrogen) atoms. The zero-order chi connectivity index (χ0) is 15.0. The third-order valence-corrected chi connectivity index (χ3v) is 3.59. The Morgan fingerprint density at radius 2 is 1.57 bits per heavy atom. The summed E-state index contributed by atoms with van der Waals surface area (Å²) in [4.78, 5) is 25.7. The Kier molecular flexibility index (Phi) is 3.27. The first kappa shape index (κ1) is 13.5. The minimum atomic E-state index is -0.418. The minimum Gasteiger partial charge on any atom is -0.326 e. The van der Waals surface area contributed by atoms with Crippen LogP contribution >= 0.6 is 0 Å². The van der Waals surface area contributed by atoms with Crippen molar-refractivity contribution in [3.05, 3.63) is 70.5 Å². The molecule has 0 bridgehead atoms. The van der Waals surface area contributed by atoms with E-state index in [0.29, 0.717) is 22.3 Å². The molecule has 106 valence electrons. The number of nitrogens with two attached hydrogens (primary N) is 1. The Morgan fingerprint density at radius 1 is 0.952 bits per heavy atom. The number of rotatable bonds is 3. The first-order chi connectivity index (χ1) is 10.1. The van der Waals surface area contributed by atoms with Crippen molar-refractivity contribution in [3.8, 4) is 0 Å². The molecular formula is C16H13FN2O2. The van der Waals surface area contributed by atoms with Crippen LogP contribution in [0.4, 0.5) is 4.39 Å². The summed E-state index contributed by atoms with van der Waals surface area (Å²) in [5, 5.41) is 0. The lowest BCUT2D eigenvalue weighted by Gasteiger charge is -2.16. The molecule has 0 aliphatic carbocycles. The van der Waals surface area contributed by atoms with Gasteiger partial charge >= 0.3 is 0 Å². The summed E-state index contributed by atoms with van der Waals surface area (Å²) in [5.41, 5.74) is 7.65. The van der Waals surface area contributed by atoms with Crippen LogP contribution in [0.5, 0.6) is 0 Å². The highest BCUT2D eigenvalue weighted by molar-refractivity contribution is 6.21. The molecule has 2 aromatic rings. The van der Waals surface area contributed by atoms with Crippen LogP contribution in [0.3, 0.4) is 0 Å². The molecule has 0 radical (unpaired) electrons. The molecule has 1 heterocycles. The Morgan fingerprint density at radius 3 is 2.14 bits per heavy atom. The van der Waals surface area contributed by atoms with E-state index >= 15 is 0 Å². The summed E-state index contributed by atoms with van der Waals surface area (Å²) in [7, 11) is 0. The highest BCUT2D eigenvalue weighted by Gasteiger charge is 2.35. The molecule has 2 amide bonds. The number of halogens is 1. The van der Waals surface area contributed by atoms with Gasteiger partial charge < -0.3 is 5.73 Å². The Hall–Kier alpha value is -2.53. The van der Waals surface area contributed by atoms with Crippen LogP contribution in [0.15, 0.2) is 42.5 Å². The second kappa shape index (κ2) is 5.10. The molecule has 4 nitrogen and oxygen atoms in total. The van der Waals surface area contributed by atoms with Crippen molar-refractivity contribution in [3.63, 3.8) is 0 Å². The summed E-state index contributed by atoms with van der Waals surface area (Å²) < 4.78 is 13.4. The summed E-state index contributed by atoms with van der Waals surface area (Å²) >= 11 is 0. The number of hydrogen-bond donors (Lipinski definition) is 1. The van der Waals surface area contributed by atoms with Crippen LogP contribution in [-0.4, -0.2) is 16.7 Å². The maximum atomic E-state index is 13.4. The first-order valence-corrected chi connectivity index (χ1v) is 6.54. The molecule has 0 saturated heterocycles. The Balaban J connectivity index is 1.96. The summed E-state index contributed by atoms with van der Waals surface area (Å²) in [6.07, 6.45) is 0. The normalized spacial score (nSPS) is 13.7. The number of benzene rings is 2. The van der Waals surface area contributed by atoms with Gasteiger partial charge in [-0.05, 0) is 35.4 Å². The highest BCUT2D eigenvalue weighted by atomic mass is 19.1. The SMILES string of the molecule is NCc1ccc(F)cc1CN1C(=O)c2ccccc2C1=O. The third-order valence-electron chi connectivity index (χ3n) is 3.59. The summed E-state index contributed by atoms with van der Waals surface area (Å²) in [6.45, 7) is 0.245. The van der Waals surface area contributed by atoms with Gasteiger partial charge in [-0.1, -0.05) is 18.2 Å². The summed E-state index contributed by atoms with van der Waals surface area (Å²) in [5.74, 6) is -1.13. The molecule has 0 unspecified atom stereocenters. The van der Waals surface area contributed by atoms with Crippen LogP contribution in [0.1, 0.15) is 31.8 Å². The predicted molar refractivity (Wildman–Crippen MR) is 74.9 cm³/mol. The largest absolute Gasteiger partial charge is 0.326 e. The van der Waals surface area contributed by atoms with Gasteiger partial charge in [0.05, 0.1) is 17.7 Å². The maximum Gasteiger partial charge on any atom is 0.261 e. The van der Waals surface area contributed by atoms with Crippen molar-refractivity contribution in [2.45, 2.75) is 13.1 Å². The molecule has 5 heteroatoms. The zero-order valence-corrected chi connectivity index (χ0v) is 11.2. The zero-order valence-electron chi connectivity index (χ0n) is 11.2. The lowest BCUT2D eigenvalue weighted by atomic mass is 10.1. The van der Waals surface area contributed by atoms with E-state index in [0.717, 1.165) is 4.90 Å². The molecule has 0 spiro atoms. The molecule has 2 N–H and O–H groups in total. The molecule has 0 aromatic heterocycles. The topological polar surface area (TPSA) is 63.4 Å². The molecule has 0 atom stereocenters. The van der Waals surface area contributed by atoms with E-state index in [1.807, 2.05) is 0 Å². The van der Waals surface area contributed by atoms with Gasteiger partial charge in [-0.3, -0.25) is 14.5 Å². The van der Waals surface area contributed by atoms with Gasteiger partial charge in [0.15, 0.2) is 0 Å². The van der Waals surface area contributed by atoms with Crippen molar-refractivity contribution in [1.29, 1.82) is 0 Å². The number of carbonyl (C=O) groups is 2. The number of carbonyl (C=O) groups excluding carboxylic acids is 2. The van der Waals surface area contributed by atoms with Crippen LogP contribution < -0.4 is 5.73 Å². The van der Waals surface area contributed by atoms with E-state index in [1.54, 1.807) is 30.3 Å². The Labute approximate surface area is 121 Å². The van der Waals surface area contributed by atoms with Crippen molar-refractivity contribution in [2.24, 2.45) is 5.73 Å². The number of hydrogen-bond acceptors (Lipinski definition) is 3. The fourth-order valence-corrected chi connectivity index (χ4v) is 2.49. The fraction of sp³-hybridized carbons (Fsp3) is 0.125. The second-order valence-corrected chi connectivity index (χ2v) is 4.86. The van der Waals surface area contributed by atoms with E-state index in [4.69, 9.17) is 5.73 Å². The van der Waals surface area contributed by atoms with Crippen LogP contribution in [0.25, 0.3) is 0 Å². The van der Waals surface area contributed by atoms with Gasteiger partial charge in [0.1, 0.15) is 5.82 Å². The van der Waals surface area contributed by atoms with Crippen LogP contribution in [-0.2, 0) is 13.1 Å². The van der Waals surface area contributed by atoms with Crippen LogP contribution in [0.2, 0.25) is 0 Å². The molecule has 0 saturated carbocycles. The van der Waals surface area contributed by atoms with E-state index in [9.17, 15) is 14.0 Å². The van der Waals surface area contributed by atoms with Crippen molar-refractivity contribution in [1.82, 2.24) is 4.90 Å². The minimum absolute atomic E-state index is 0.0244. The highest BCUT2D eigenvalue weighted by Crippen LogP contribution is 2.25. The van der Waals surface area contributed by atoms with Crippen molar-refractivity contribution >= 4 is 11.8 Å². The summed E-state index contributed by atoms with van der Waals surface area (Å²) in [6, 6.07) is 10.8. The van der Waals surface area contributed by atoms with Crippen molar-refractivity contribution in [2.75, 3.05) is 0 Å². The van der Waals surface area contributed by atoms with E-state index in [2.05, 4.69) is 0 Å². The van der Waals surface area contributed by atoms with Gasteiger partial charge in [0.2, 0.25) is 0 Å². The van der Waals surface area contributed by atoms with Gasteiger partial charge in [-0.25, -0.2) is 4.39 Å². The molecule has 0 fully saturated rings. The van der Waals surface area contributed by atoms with E-state index < -0.39 is 5.82 Å². The quantitative estimate of drug-likeness (QED) is 0.878. The number of nitrogens with zero attached hydrogens (tertiary/aromatic N) is 1. The third kappa shape index (κ3) is 2.21. The molecular weight excluding hydrogens is 271 g/mol. The monoisotopic (exact) mass is 284 g/mol. The molecule has 1 aliphatic rings. The van der Waals surface area contributed by atoms with E-state index in [1.165, 1.54) is 12.1 Å². The lowest BCUT2D eigenvalue weighted by molar-refractivity contribution is 0.0642. The molecule has 3 rings (SSSR count). The van der Waals surface area contributed by atoms with Crippen molar-refractivity contribution < 1.29 is 14.0 Å². The molecule has 2 aromatic carbocycles. The number of amides is 2. The predicted octanol–water partition coefficient (Wildman–Crippen LogP) is 2.08. The Bertz CT molecular complexity index is 708. The van der Waals surface area contributed by atoms with Crippen LogP contribution in [0, 0.1) is 5.82 Å².